The van der Waals surface area contributed by atoms with Crippen LogP contribution in [0.1, 0.15) is 33.1 Å². The zero-order chi connectivity index (χ0) is 12.9. The van der Waals surface area contributed by atoms with E-state index in [9.17, 15) is 9.59 Å². The van der Waals surface area contributed by atoms with Gasteiger partial charge in [-0.3, -0.25) is 9.59 Å². The summed E-state index contributed by atoms with van der Waals surface area (Å²) < 4.78 is 11.9. The molecule has 17 heavy (non-hydrogen) atoms. The van der Waals surface area contributed by atoms with Crippen LogP contribution in [0.2, 0.25) is 0 Å². The zero-order valence-electron chi connectivity index (χ0n) is 10.1. The molecule has 5 heteroatoms. The minimum absolute atomic E-state index is 0.272. The van der Waals surface area contributed by atoms with E-state index < -0.39 is 17.4 Å². The molecule has 0 radical (unpaired) electrons. The quantitative estimate of drug-likeness (QED) is 0.443. The summed E-state index contributed by atoms with van der Waals surface area (Å²) in [5, 5.41) is 0. The maximum absolute atomic E-state index is 12.1. The van der Waals surface area contributed by atoms with Crippen LogP contribution in [0.3, 0.4) is 0 Å². The van der Waals surface area contributed by atoms with Crippen LogP contribution in [0.25, 0.3) is 0 Å². The molecule has 4 nitrogen and oxygen atoms in total. The molecule has 0 unspecified atom stereocenters. The number of carbonyl (C=O) groups is 2. The molecule has 0 heterocycles. The highest BCUT2D eigenvalue weighted by molar-refractivity contribution is 14.1. The lowest BCUT2D eigenvalue weighted by Crippen LogP contribution is -2.41. The van der Waals surface area contributed by atoms with Gasteiger partial charge in [-0.15, -0.1) is 0 Å². The standard InChI is InChI=1S/C12H17IO4/c1-3-16-10(14)12(11(15)17-4-2)7-5-6-9(12)8-13/h8H,3-7H2,1-2H3/b9-8+. The van der Waals surface area contributed by atoms with Gasteiger partial charge in [0.1, 0.15) is 0 Å². The van der Waals surface area contributed by atoms with Gasteiger partial charge in [-0.25, -0.2) is 0 Å². The Hall–Kier alpha value is -0.590. The summed E-state index contributed by atoms with van der Waals surface area (Å²) in [4.78, 5) is 24.2. The maximum atomic E-state index is 12.1. The summed E-state index contributed by atoms with van der Waals surface area (Å²) in [6.07, 6.45) is 2.05. The highest BCUT2D eigenvalue weighted by Crippen LogP contribution is 2.45. The number of esters is 2. The van der Waals surface area contributed by atoms with Gasteiger partial charge in [-0.2, -0.15) is 0 Å². The van der Waals surface area contributed by atoms with E-state index in [1.165, 1.54) is 0 Å². The van der Waals surface area contributed by atoms with Gasteiger partial charge in [-0.1, -0.05) is 22.6 Å². The molecule has 0 aromatic carbocycles. The first-order valence-electron chi connectivity index (χ1n) is 5.77. The fourth-order valence-corrected chi connectivity index (χ4v) is 2.97. The largest absolute Gasteiger partial charge is 0.465 e. The number of hydrogen-bond acceptors (Lipinski definition) is 4. The van der Waals surface area contributed by atoms with Gasteiger partial charge >= 0.3 is 11.9 Å². The van der Waals surface area contributed by atoms with Crippen LogP contribution in [0, 0.1) is 5.41 Å². The van der Waals surface area contributed by atoms with Crippen LogP contribution in [0.4, 0.5) is 0 Å². The predicted octanol–water partition coefficient (Wildman–Crippen LogP) is 2.60. The lowest BCUT2D eigenvalue weighted by Gasteiger charge is -2.25. The Morgan fingerprint density at radius 3 is 2.24 bits per heavy atom. The Balaban J connectivity index is 3.08. The Kier molecular flexibility index (Phi) is 5.42. The number of rotatable bonds is 4. The van der Waals surface area contributed by atoms with Crippen LogP contribution in [0.5, 0.6) is 0 Å². The van der Waals surface area contributed by atoms with E-state index in [4.69, 9.17) is 9.47 Å². The lowest BCUT2D eigenvalue weighted by molar-refractivity contribution is -0.168. The molecule has 1 aliphatic rings. The lowest BCUT2D eigenvalue weighted by atomic mass is 9.83. The highest BCUT2D eigenvalue weighted by atomic mass is 127. The molecule has 0 amide bonds. The van der Waals surface area contributed by atoms with Crippen molar-refractivity contribution in [1.29, 1.82) is 0 Å². The Morgan fingerprint density at radius 1 is 1.29 bits per heavy atom. The van der Waals surface area contributed by atoms with Crippen LogP contribution >= 0.6 is 22.6 Å². The summed E-state index contributed by atoms with van der Waals surface area (Å²) in [5.41, 5.74) is -0.372. The fraction of sp³-hybridized carbons (Fsp3) is 0.667. The first kappa shape index (κ1) is 14.5. The average molecular weight is 352 g/mol. The number of ether oxygens (including phenoxy) is 2. The van der Waals surface area contributed by atoms with Crippen LogP contribution in [-0.2, 0) is 19.1 Å². The van der Waals surface area contributed by atoms with Crippen molar-refractivity contribution in [3.05, 3.63) is 9.66 Å². The number of hydrogen-bond donors (Lipinski definition) is 0. The van der Waals surface area contributed by atoms with Crippen molar-refractivity contribution in [3.8, 4) is 0 Å². The fourth-order valence-electron chi connectivity index (χ4n) is 2.12. The molecule has 1 aliphatic carbocycles. The number of halogens is 1. The molecule has 0 aliphatic heterocycles. The summed E-state index contributed by atoms with van der Waals surface area (Å²) in [6, 6.07) is 0. The second-order valence-electron chi connectivity index (χ2n) is 3.83. The van der Waals surface area contributed by atoms with Crippen LogP contribution < -0.4 is 0 Å². The SMILES string of the molecule is CCOC(=O)C1(C(=O)OCC)CCC/C1=C\I. The molecule has 0 saturated heterocycles. The smallest absolute Gasteiger partial charge is 0.327 e. The second kappa shape index (κ2) is 6.37. The highest BCUT2D eigenvalue weighted by Gasteiger charge is 2.54. The third-order valence-corrected chi connectivity index (χ3v) is 3.68. The molecule has 0 aromatic heterocycles. The molecular weight excluding hydrogens is 335 g/mol. The van der Waals surface area contributed by atoms with E-state index in [0.29, 0.717) is 6.42 Å². The summed E-state index contributed by atoms with van der Waals surface area (Å²) in [7, 11) is 0. The molecule has 0 atom stereocenters. The Labute approximate surface area is 115 Å². The second-order valence-corrected chi connectivity index (χ2v) is 4.46. The predicted molar refractivity (Wildman–Crippen MR) is 71.7 cm³/mol. The normalized spacial score (nSPS) is 20.3. The molecule has 0 bridgehead atoms. The van der Waals surface area contributed by atoms with E-state index in [1.54, 1.807) is 17.9 Å². The van der Waals surface area contributed by atoms with Gasteiger partial charge in [0, 0.05) is 0 Å². The molecule has 96 valence electrons. The number of carbonyl (C=O) groups excluding carboxylic acids is 2. The molecule has 0 N–H and O–H groups in total. The molecule has 1 saturated carbocycles. The van der Waals surface area contributed by atoms with Gasteiger partial charge < -0.3 is 9.47 Å². The van der Waals surface area contributed by atoms with Gasteiger partial charge in [0.25, 0.3) is 0 Å². The van der Waals surface area contributed by atoms with Crippen molar-refractivity contribution in [2.75, 3.05) is 13.2 Å². The van der Waals surface area contributed by atoms with E-state index in [0.717, 1.165) is 18.4 Å². The Morgan fingerprint density at radius 2 is 1.82 bits per heavy atom. The summed E-state index contributed by atoms with van der Waals surface area (Å²) in [6.45, 7) is 4.02. The van der Waals surface area contributed by atoms with Gasteiger partial charge in [-0.05, 0) is 42.8 Å². The molecule has 1 rings (SSSR count). The minimum atomic E-state index is -1.19. The average Bonchev–Trinajstić information content (AvgIpc) is 2.74. The molecule has 0 spiro atoms. The minimum Gasteiger partial charge on any atom is -0.465 e. The van der Waals surface area contributed by atoms with Crippen molar-refractivity contribution in [2.24, 2.45) is 5.41 Å². The van der Waals surface area contributed by atoms with Gasteiger partial charge in [0.2, 0.25) is 0 Å². The van der Waals surface area contributed by atoms with E-state index in [2.05, 4.69) is 22.6 Å². The van der Waals surface area contributed by atoms with Crippen molar-refractivity contribution in [2.45, 2.75) is 33.1 Å². The van der Waals surface area contributed by atoms with Crippen molar-refractivity contribution >= 4 is 34.5 Å². The molecule has 1 fully saturated rings. The third kappa shape index (κ3) is 2.64. The third-order valence-electron chi connectivity index (χ3n) is 2.93. The first-order chi connectivity index (χ1) is 8.13. The monoisotopic (exact) mass is 352 g/mol. The van der Waals surface area contributed by atoms with Gasteiger partial charge in [0.15, 0.2) is 5.41 Å². The van der Waals surface area contributed by atoms with Crippen molar-refractivity contribution < 1.29 is 19.1 Å². The van der Waals surface area contributed by atoms with Crippen LogP contribution in [0.15, 0.2) is 9.66 Å². The van der Waals surface area contributed by atoms with Crippen molar-refractivity contribution in [1.82, 2.24) is 0 Å². The topological polar surface area (TPSA) is 52.6 Å². The summed E-state index contributed by atoms with van der Waals surface area (Å²) in [5.74, 6) is -0.947. The molecular formula is C12H17IO4. The maximum Gasteiger partial charge on any atom is 0.327 e. The Bertz CT molecular complexity index is 317. The summed E-state index contributed by atoms with van der Waals surface area (Å²) >= 11 is 2.06. The van der Waals surface area contributed by atoms with E-state index >= 15 is 0 Å². The first-order valence-corrected chi connectivity index (χ1v) is 7.02. The van der Waals surface area contributed by atoms with E-state index in [1.807, 2.05) is 0 Å². The van der Waals surface area contributed by atoms with E-state index in [-0.39, 0.29) is 13.2 Å². The molecule has 0 aromatic rings. The van der Waals surface area contributed by atoms with Gasteiger partial charge in [0.05, 0.1) is 13.2 Å². The van der Waals surface area contributed by atoms with Crippen LogP contribution in [-0.4, -0.2) is 25.2 Å². The zero-order valence-corrected chi connectivity index (χ0v) is 12.3. The van der Waals surface area contributed by atoms with Crippen molar-refractivity contribution in [3.63, 3.8) is 0 Å².